The van der Waals surface area contributed by atoms with E-state index in [0.29, 0.717) is 0 Å². The summed E-state index contributed by atoms with van der Waals surface area (Å²) in [5.41, 5.74) is 9.94. The van der Waals surface area contributed by atoms with Crippen LogP contribution in [0.2, 0.25) is 0 Å². The van der Waals surface area contributed by atoms with Crippen molar-refractivity contribution in [3.63, 3.8) is 0 Å². The van der Waals surface area contributed by atoms with Gasteiger partial charge in [0.1, 0.15) is 0 Å². The molecule has 3 aromatic carbocycles. The smallest absolute Gasteiger partial charge is 0.00135 e. The van der Waals surface area contributed by atoms with Gasteiger partial charge in [-0.15, -0.1) is 0 Å². The molecule has 0 nitrogen and oxygen atoms in total. The van der Waals surface area contributed by atoms with Crippen LogP contribution in [0.5, 0.6) is 0 Å². The van der Waals surface area contributed by atoms with Gasteiger partial charge < -0.3 is 0 Å². The second kappa shape index (κ2) is 12.1. The van der Waals surface area contributed by atoms with Crippen molar-refractivity contribution in [2.24, 2.45) is 0 Å². The summed E-state index contributed by atoms with van der Waals surface area (Å²) in [6.07, 6.45) is 2.24. The molecule has 27 heavy (non-hydrogen) atoms. The first-order valence-corrected chi connectivity index (χ1v) is 10.4. The van der Waals surface area contributed by atoms with Crippen LogP contribution in [-0.4, -0.2) is 0 Å². The molecule has 0 aromatic heterocycles. The van der Waals surface area contributed by atoms with Crippen LogP contribution < -0.4 is 0 Å². The maximum absolute atomic E-state index is 2.24. The predicted molar refractivity (Wildman–Crippen MR) is 123 cm³/mol. The molecule has 4 rings (SSSR count). The lowest BCUT2D eigenvalue weighted by atomic mass is 10.1. The van der Waals surface area contributed by atoms with Crippen LogP contribution in [0.15, 0.2) is 66.7 Å². The lowest BCUT2D eigenvalue weighted by Crippen LogP contribution is -1.83. The Hall–Kier alpha value is -2.34. The van der Waals surface area contributed by atoms with Crippen LogP contribution in [-0.2, 0) is 12.8 Å². The highest BCUT2D eigenvalue weighted by molar-refractivity contribution is 5.76. The highest BCUT2D eigenvalue weighted by atomic mass is 14.2. The third-order valence-electron chi connectivity index (χ3n) is 4.40. The fourth-order valence-electron chi connectivity index (χ4n) is 3.35. The van der Waals surface area contributed by atoms with E-state index in [1.54, 1.807) is 0 Å². The van der Waals surface area contributed by atoms with Crippen molar-refractivity contribution in [2.75, 3.05) is 0 Å². The summed E-state index contributed by atoms with van der Waals surface area (Å²) in [5.74, 6) is 0. The van der Waals surface area contributed by atoms with Crippen LogP contribution in [0.3, 0.4) is 0 Å². The number of hydrogen-bond acceptors (Lipinski definition) is 0. The molecule has 144 valence electrons. The van der Waals surface area contributed by atoms with Gasteiger partial charge in [-0.1, -0.05) is 112 Å². The van der Waals surface area contributed by atoms with E-state index in [4.69, 9.17) is 0 Å². The van der Waals surface area contributed by atoms with E-state index in [1.807, 2.05) is 27.7 Å². The topological polar surface area (TPSA) is 0 Å². The van der Waals surface area contributed by atoms with Crippen molar-refractivity contribution in [3.8, 4) is 11.1 Å². The van der Waals surface area contributed by atoms with E-state index in [2.05, 4.69) is 87.5 Å². The third-order valence-corrected chi connectivity index (χ3v) is 4.40. The van der Waals surface area contributed by atoms with Crippen LogP contribution in [0.4, 0.5) is 0 Å². The second-order valence-electron chi connectivity index (χ2n) is 6.34. The molecule has 3 aromatic rings. The monoisotopic (exact) mass is 360 g/mol. The molecule has 0 spiro atoms. The first-order chi connectivity index (χ1) is 13.2. The summed E-state index contributed by atoms with van der Waals surface area (Å²) in [4.78, 5) is 0. The molecular weight excluding hydrogens is 324 g/mol. The second-order valence-corrected chi connectivity index (χ2v) is 6.34. The third kappa shape index (κ3) is 6.40. The Morgan fingerprint density at radius 2 is 1.04 bits per heavy atom. The summed E-state index contributed by atoms with van der Waals surface area (Å²) in [6.45, 7) is 14.5. The summed E-state index contributed by atoms with van der Waals surface area (Å²) in [5, 5.41) is 0. The molecule has 0 fully saturated rings. The fourth-order valence-corrected chi connectivity index (χ4v) is 3.35. The SMILES string of the molecule is CC.CC.CCc1cc(C)cc(C)c1.c1ccc2c(c1)Cc1ccccc1-2. The largest absolute Gasteiger partial charge is 0.0683 e. The van der Waals surface area contributed by atoms with E-state index >= 15 is 0 Å². The lowest BCUT2D eigenvalue weighted by Gasteiger charge is -2.00. The van der Waals surface area contributed by atoms with Crippen molar-refractivity contribution in [1.82, 2.24) is 0 Å². The minimum absolute atomic E-state index is 1.10. The van der Waals surface area contributed by atoms with E-state index in [-0.39, 0.29) is 0 Å². The summed E-state index contributed by atoms with van der Waals surface area (Å²) in [6, 6.07) is 24.0. The molecule has 1 aliphatic rings. The summed E-state index contributed by atoms with van der Waals surface area (Å²) < 4.78 is 0. The Morgan fingerprint density at radius 3 is 1.44 bits per heavy atom. The van der Waals surface area contributed by atoms with Gasteiger partial charge in [0, 0.05) is 0 Å². The van der Waals surface area contributed by atoms with Crippen LogP contribution in [0.1, 0.15) is 62.4 Å². The molecule has 0 heterocycles. The zero-order valence-electron chi connectivity index (χ0n) is 18.3. The minimum Gasteiger partial charge on any atom is -0.0683 e. The molecule has 0 unspecified atom stereocenters. The van der Waals surface area contributed by atoms with E-state index in [1.165, 1.54) is 38.9 Å². The first kappa shape index (κ1) is 22.7. The van der Waals surface area contributed by atoms with Gasteiger partial charge in [-0.05, 0) is 54.5 Å². The molecule has 0 aliphatic heterocycles. The first-order valence-electron chi connectivity index (χ1n) is 10.4. The Balaban J connectivity index is 0.000000235. The highest BCUT2D eigenvalue weighted by Gasteiger charge is 2.15. The van der Waals surface area contributed by atoms with Gasteiger partial charge in [0.15, 0.2) is 0 Å². The van der Waals surface area contributed by atoms with Crippen molar-refractivity contribution in [2.45, 2.75) is 61.3 Å². The fraction of sp³-hybridized carbons (Fsp3) is 0.333. The van der Waals surface area contributed by atoms with Crippen LogP contribution >= 0.6 is 0 Å². The molecule has 0 atom stereocenters. The van der Waals surface area contributed by atoms with Crippen molar-refractivity contribution in [3.05, 3.63) is 94.5 Å². The van der Waals surface area contributed by atoms with E-state index in [0.717, 1.165) is 12.8 Å². The van der Waals surface area contributed by atoms with Gasteiger partial charge in [-0.3, -0.25) is 0 Å². The number of aryl methyl sites for hydroxylation is 3. The number of hydrogen-bond donors (Lipinski definition) is 0. The van der Waals surface area contributed by atoms with Crippen molar-refractivity contribution < 1.29 is 0 Å². The molecule has 0 radical (unpaired) electrons. The van der Waals surface area contributed by atoms with Gasteiger partial charge >= 0.3 is 0 Å². The van der Waals surface area contributed by atoms with Gasteiger partial charge in [-0.25, -0.2) is 0 Å². The highest BCUT2D eigenvalue weighted by Crippen LogP contribution is 2.35. The Kier molecular flexibility index (Phi) is 10.2. The number of rotatable bonds is 1. The molecule has 0 saturated carbocycles. The van der Waals surface area contributed by atoms with Crippen LogP contribution in [0.25, 0.3) is 11.1 Å². The van der Waals surface area contributed by atoms with Crippen molar-refractivity contribution >= 4 is 0 Å². The normalized spacial score (nSPS) is 10.0. The Labute approximate surface area is 167 Å². The quantitative estimate of drug-likeness (QED) is 0.321. The predicted octanol–water partition coefficient (Wildman–Crippen LogP) is 8.18. The zero-order valence-corrected chi connectivity index (χ0v) is 18.3. The average molecular weight is 361 g/mol. The number of benzene rings is 3. The van der Waals surface area contributed by atoms with Crippen LogP contribution in [0, 0.1) is 13.8 Å². The number of fused-ring (bicyclic) bond motifs is 3. The summed E-state index contributed by atoms with van der Waals surface area (Å²) >= 11 is 0. The standard InChI is InChI=1S/C13H10.C10H14.2C2H6/c1-3-7-12-10(5-1)9-11-6-2-4-8-13(11)12;1-4-10-6-8(2)5-9(3)7-10;2*1-2/h1-8H,9H2;5-7H,4H2,1-3H3;2*1-2H3. The average Bonchev–Trinajstić information content (AvgIpc) is 3.09. The molecular formula is C27H36. The Bertz CT molecular complexity index is 748. The summed E-state index contributed by atoms with van der Waals surface area (Å²) in [7, 11) is 0. The van der Waals surface area contributed by atoms with Gasteiger partial charge in [0.2, 0.25) is 0 Å². The minimum atomic E-state index is 1.10. The zero-order chi connectivity index (χ0) is 20.2. The molecule has 0 amide bonds. The van der Waals surface area contributed by atoms with Gasteiger partial charge in [0.05, 0.1) is 0 Å². The molecule has 0 heteroatoms. The molecule has 1 aliphatic carbocycles. The molecule has 0 bridgehead atoms. The molecule has 0 N–H and O–H groups in total. The Morgan fingerprint density at radius 1 is 0.630 bits per heavy atom. The molecule has 0 saturated heterocycles. The van der Waals surface area contributed by atoms with Gasteiger partial charge in [-0.2, -0.15) is 0 Å². The van der Waals surface area contributed by atoms with E-state index < -0.39 is 0 Å². The van der Waals surface area contributed by atoms with Gasteiger partial charge in [0.25, 0.3) is 0 Å². The van der Waals surface area contributed by atoms with E-state index in [9.17, 15) is 0 Å². The maximum atomic E-state index is 2.24. The maximum Gasteiger partial charge on any atom is -0.00135 e. The lowest BCUT2D eigenvalue weighted by molar-refractivity contribution is 1.12. The van der Waals surface area contributed by atoms with Crippen molar-refractivity contribution in [1.29, 1.82) is 0 Å².